The second-order valence-corrected chi connectivity index (χ2v) is 3.73. The number of hydrogen-bond acceptors (Lipinski definition) is 3. The molecule has 1 aliphatic rings. The SMILES string of the molecule is CC(C)C(C)C1OC1OCCN. The van der Waals surface area contributed by atoms with Crippen molar-refractivity contribution in [3.05, 3.63) is 0 Å². The Morgan fingerprint density at radius 3 is 2.58 bits per heavy atom. The van der Waals surface area contributed by atoms with Crippen LogP contribution in [-0.4, -0.2) is 25.5 Å². The molecule has 1 heterocycles. The molecule has 72 valence electrons. The van der Waals surface area contributed by atoms with Crippen molar-refractivity contribution in [3.63, 3.8) is 0 Å². The van der Waals surface area contributed by atoms with Crippen molar-refractivity contribution < 1.29 is 9.47 Å². The molecule has 0 aromatic rings. The van der Waals surface area contributed by atoms with Crippen molar-refractivity contribution in [1.29, 1.82) is 0 Å². The molecule has 0 aromatic heterocycles. The molecule has 0 aliphatic carbocycles. The number of nitrogens with two attached hydrogens (primary N) is 1. The summed E-state index contributed by atoms with van der Waals surface area (Å²) in [5, 5.41) is 0. The van der Waals surface area contributed by atoms with Crippen molar-refractivity contribution in [2.24, 2.45) is 17.6 Å². The smallest absolute Gasteiger partial charge is 0.184 e. The van der Waals surface area contributed by atoms with E-state index in [9.17, 15) is 0 Å². The van der Waals surface area contributed by atoms with Crippen LogP contribution in [0.25, 0.3) is 0 Å². The molecule has 0 bridgehead atoms. The van der Waals surface area contributed by atoms with E-state index < -0.39 is 0 Å². The van der Waals surface area contributed by atoms with Crippen LogP contribution in [0.5, 0.6) is 0 Å². The molecule has 1 aliphatic heterocycles. The molecule has 0 amide bonds. The predicted molar refractivity (Wildman–Crippen MR) is 47.7 cm³/mol. The van der Waals surface area contributed by atoms with Gasteiger partial charge in [-0.3, -0.25) is 0 Å². The maximum atomic E-state index is 5.36. The molecule has 0 aromatic carbocycles. The summed E-state index contributed by atoms with van der Waals surface area (Å²) >= 11 is 0. The Balaban J connectivity index is 2.14. The van der Waals surface area contributed by atoms with Gasteiger partial charge in [-0.2, -0.15) is 0 Å². The average molecular weight is 173 g/mol. The van der Waals surface area contributed by atoms with E-state index in [4.69, 9.17) is 15.2 Å². The maximum Gasteiger partial charge on any atom is 0.184 e. The second kappa shape index (κ2) is 4.21. The van der Waals surface area contributed by atoms with Gasteiger partial charge in [-0.15, -0.1) is 0 Å². The van der Waals surface area contributed by atoms with E-state index in [-0.39, 0.29) is 6.29 Å². The van der Waals surface area contributed by atoms with Crippen molar-refractivity contribution in [2.45, 2.75) is 33.2 Å². The molecule has 1 saturated heterocycles. The van der Waals surface area contributed by atoms with Gasteiger partial charge in [-0.1, -0.05) is 20.8 Å². The zero-order chi connectivity index (χ0) is 9.14. The van der Waals surface area contributed by atoms with Gasteiger partial charge >= 0.3 is 0 Å². The van der Waals surface area contributed by atoms with Gasteiger partial charge in [-0.05, 0) is 11.8 Å². The summed E-state index contributed by atoms with van der Waals surface area (Å²) in [6, 6.07) is 0. The molecular formula is C9H19NO2. The van der Waals surface area contributed by atoms with Gasteiger partial charge in [0, 0.05) is 6.54 Å². The Morgan fingerprint density at radius 1 is 1.42 bits per heavy atom. The van der Waals surface area contributed by atoms with Gasteiger partial charge in [0.2, 0.25) is 0 Å². The lowest BCUT2D eigenvalue weighted by molar-refractivity contribution is 0.0554. The Hall–Kier alpha value is -0.120. The van der Waals surface area contributed by atoms with Crippen LogP contribution < -0.4 is 5.73 Å². The van der Waals surface area contributed by atoms with E-state index in [1.165, 1.54) is 0 Å². The van der Waals surface area contributed by atoms with Crippen molar-refractivity contribution >= 4 is 0 Å². The molecule has 0 spiro atoms. The van der Waals surface area contributed by atoms with Crippen LogP contribution in [0, 0.1) is 11.8 Å². The Bertz CT molecular complexity index is 138. The van der Waals surface area contributed by atoms with Gasteiger partial charge in [0.25, 0.3) is 0 Å². The number of hydrogen-bond donors (Lipinski definition) is 1. The molecule has 12 heavy (non-hydrogen) atoms. The summed E-state index contributed by atoms with van der Waals surface area (Å²) in [4.78, 5) is 0. The van der Waals surface area contributed by atoms with Crippen LogP contribution in [0.2, 0.25) is 0 Å². The average Bonchev–Trinajstić information content (AvgIpc) is 2.78. The highest BCUT2D eigenvalue weighted by Gasteiger charge is 2.44. The Kier molecular flexibility index (Phi) is 3.50. The lowest BCUT2D eigenvalue weighted by Gasteiger charge is -2.11. The first-order chi connectivity index (χ1) is 5.66. The highest BCUT2D eigenvalue weighted by atomic mass is 16.8. The van der Waals surface area contributed by atoms with Crippen LogP contribution >= 0.6 is 0 Å². The minimum Gasteiger partial charge on any atom is -0.349 e. The van der Waals surface area contributed by atoms with E-state index in [0.717, 1.165) is 0 Å². The normalized spacial score (nSPS) is 30.8. The van der Waals surface area contributed by atoms with Crippen molar-refractivity contribution in [2.75, 3.05) is 13.2 Å². The molecule has 3 unspecified atom stereocenters. The fraction of sp³-hybridized carbons (Fsp3) is 1.00. The quantitative estimate of drug-likeness (QED) is 0.630. The van der Waals surface area contributed by atoms with E-state index in [0.29, 0.717) is 31.1 Å². The number of ether oxygens (including phenoxy) is 2. The highest BCUT2D eigenvalue weighted by Crippen LogP contribution is 2.33. The van der Waals surface area contributed by atoms with Crippen LogP contribution in [0.1, 0.15) is 20.8 Å². The van der Waals surface area contributed by atoms with Gasteiger partial charge in [0.15, 0.2) is 6.29 Å². The summed E-state index contributed by atoms with van der Waals surface area (Å²) in [5.41, 5.74) is 5.31. The third-order valence-corrected chi connectivity index (χ3v) is 2.45. The Morgan fingerprint density at radius 2 is 2.08 bits per heavy atom. The van der Waals surface area contributed by atoms with E-state index in [1.807, 2.05) is 0 Å². The first kappa shape index (κ1) is 9.96. The van der Waals surface area contributed by atoms with Gasteiger partial charge < -0.3 is 15.2 Å². The monoisotopic (exact) mass is 173 g/mol. The molecule has 2 N–H and O–H groups in total. The topological polar surface area (TPSA) is 47.8 Å². The van der Waals surface area contributed by atoms with Crippen LogP contribution in [0.3, 0.4) is 0 Å². The summed E-state index contributed by atoms with van der Waals surface area (Å²) in [6.45, 7) is 7.77. The third kappa shape index (κ3) is 2.44. The van der Waals surface area contributed by atoms with E-state index in [1.54, 1.807) is 0 Å². The number of epoxide rings is 1. The summed E-state index contributed by atoms with van der Waals surface area (Å²) in [6.07, 6.45) is 0.322. The molecular weight excluding hydrogens is 154 g/mol. The van der Waals surface area contributed by atoms with Gasteiger partial charge in [0.1, 0.15) is 6.10 Å². The van der Waals surface area contributed by atoms with Gasteiger partial charge in [-0.25, -0.2) is 0 Å². The zero-order valence-electron chi connectivity index (χ0n) is 8.12. The predicted octanol–water partition coefficient (Wildman–Crippen LogP) is 0.979. The van der Waals surface area contributed by atoms with Crippen LogP contribution in [-0.2, 0) is 9.47 Å². The molecule has 0 radical (unpaired) electrons. The minimum atomic E-state index is 0.0194. The molecule has 1 fully saturated rings. The molecule has 3 heteroatoms. The summed E-state index contributed by atoms with van der Waals surface area (Å²) in [7, 11) is 0. The third-order valence-electron chi connectivity index (χ3n) is 2.45. The minimum absolute atomic E-state index is 0.0194. The molecule has 3 atom stereocenters. The van der Waals surface area contributed by atoms with E-state index in [2.05, 4.69) is 20.8 Å². The largest absolute Gasteiger partial charge is 0.349 e. The van der Waals surface area contributed by atoms with E-state index >= 15 is 0 Å². The fourth-order valence-electron chi connectivity index (χ4n) is 1.18. The zero-order valence-corrected chi connectivity index (χ0v) is 8.12. The molecule has 1 rings (SSSR count). The van der Waals surface area contributed by atoms with Crippen LogP contribution in [0.4, 0.5) is 0 Å². The number of rotatable bonds is 5. The van der Waals surface area contributed by atoms with Crippen molar-refractivity contribution in [3.8, 4) is 0 Å². The lowest BCUT2D eigenvalue weighted by Crippen LogP contribution is -2.17. The van der Waals surface area contributed by atoms with Crippen molar-refractivity contribution in [1.82, 2.24) is 0 Å². The first-order valence-corrected chi connectivity index (χ1v) is 4.64. The maximum absolute atomic E-state index is 5.36. The summed E-state index contributed by atoms with van der Waals surface area (Å²) in [5.74, 6) is 1.23. The van der Waals surface area contributed by atoms with Crippen LogP contribution in [0.15, 0.2) is 0 Å². The molecule has 0 saturated carbocycles. The highest BCUT2D eigenvalue weighted by molar-refractivity contribution is 4.83. The van der Waals surface area contributed by atoms with Gasteiger partial charge in [0.05, 0.1) is 6.61 Å². The lowest BCUT2D eigenvalue weighted by atomic mass is 9.95. The summed E-state index contributed by atoms with van der Waals surface area (Å²) < 4.78 is 10.7. The standard InChI is InChI=1S/C9H19NO2/c1-6(2)7(3)8-9(12-8)11-5-4-10/h6-9H,4-5,10H2,1-3H3. The molecule has 3 nitrogen and oxygen atoms in total. The fourth-order valence-corrected chi connectivity index (χ4v) is 1.18. The first-order valence-electron chi connectivity index (χ1n) is 4.64. The second-order valence-electron chi connectivity index (χ2n) is 3.73. The Labute approximate surface area is 74.2 Å².